The lowest BCUT2D eigenvalue weighted by molar-refractivity contribution is 0.164. The molecule has 0 aromatic heterocycles. The fourth-order valence-electron chi connectivity index (χ4n) is 27.6. The number of nitrogens with zero attached hydrogens (tertiary/aromatic N) is 4. The lowest BCUT2D eigenvalue weighted by atomic mass is 9.51. The molecule has 21 aromatic rings. The van der Waals surface area contributed by atoms with Crippen LogP contribution in [0.15, 0.2) is 22.3 Å². The predicted molar refractivity (Wildman–Crippen MR) is 294 cm³/mol. The van der Waals surface area contributed by atoms with Crippen LogP contribution in [0.5, 0.6) is 0 Å². The van der Waals surface area contributed by atoms with Crippen molar-refractivity contribution >= 4 is 215 Å². The van der Waals surface area contributed by atoms with Gasteiger partial charge in [-0.15, -0.1) is 0 Å². The first kappa shape index (κ1) is 29.5. The fraction of sp³-hybridized carbons (Fsp3) is 0.206. The van der Waals surface area contributed by atoms with Gasteiger partial charge in [-0.05, 0) is 327 Å². The third-order valence-electron chi connectivity index (χ3n) is 27.4. The minimum absolute atomic E-state index is 0.515. The molecule has 322 valence electrons. The summed E-state index contributed by atoms with van der Waals surface area (Å²) in [6, 6.07) is 0. The van der Waals surface area contributed by atoms with E-state index >= 15 is 0 Å². The van der Waals surface area contributed by atoms with E-state index in [9.17, 15) is 0 Å². The highest BCUT2D eigenvalue weighted by atomic mass is 16.6. The van der Waals surface area contributed by atoms with Crippen molar-refractivity contribution in [1.29, 1.82) is 0 Å². The molecular formula is C68H24N4O. The van der Waals surface area contributed by atoms with Crippen molar-refractivity contribution in [3.8, 4) is 0 Å². The molecule has 5 nitrogen and oxygen atoms in total. The zero-order valence-electron chi connectivity index (χ0n) is 40.2. The molecule has 2 unspecified atom stereocenters. The summed E-state index contributed by atoms with van der Waals surface area (Å²) < 4.78 is 8.85. The van der Waals surface area contributed by atoms with Gasteiger partial charge in [0.1, 0.15) is 0 Å². The lowest BCUT2D eigenvalue weighted by Gasteiger charge is -2.60. The van der Waals surface area contributed by atoms with Gasteiger partial charge < -0.3 is 4.74 Å². The first-order valence-electron chi connectivity index (χ1n) is 27.4. The van der Waals surface area contributed by atoms with Crippen LogP contribution >= 0.6 is 0 Å². The lowest BCUT2D eigenvalue weighted by Crippen LogP contribution is -2.60. The number of epoxide rings is 1. The normalized spacial score (nSPS) is 32.2. The average Bonchev–Trinajstić information content (AvgIpc) is 4.35. The molecule has 0 saturated carbocycles. The average molecular weight is 913 g/mol. The number of rotatable bonds is 4. The maximum absolute atomic E-state index is 8.85. The van der Waals surface area contributed by atoms with Gasteiger partial charge in [0.2, 0.25) is 0 Å². The molecule has 33 rings (SSSR count). The first-order valence-corrected chi connectivity index (χ1v) is 27.4. The van der Waals surface area contributed by atoms with Crippen LogP contribution in [0.1, 0.15) is 55.6 Å². The van der Waals surface area contributed by atoms with Crippen LogP contribution < -0.4 is 0 Å². The van der Waals surface area contributed by atoms with Crippen molar-refractivity contribution < 1.29 is 4.74 Å². The number of ether oxygens (including phenoxy) is 1. The van der Waals surface area contributed by atoms with Crippen molar-refractivity contribution in [2.24, 2.45) is 0 Å². The molecule has 73 heavy (non-hydrogen) atoms. The monoisotopic (exact) mass is 912 g/mol. The minimum atomic E-state index is -0.658. The summed E-state index contributed by atoms with van der Waals surface area (Å²) in [4.78, 5) is 11.3. The topological polar surface area (TPSA) is 25.5 Å². The summed E-state index contributed by atoms with van der Waals surface area (Å²) in [7, 11) is 20.1. The molecule has 1 saturated heterocycles. The Hall–Kier alpha value is -7.22. The van der Waals surface area contributed by atoms with Crippen LogP contribution in [0.25, 0.3) is 215 Å². The van der Waals surface area contributed by atoms with Gasteiger partial charge in [-0.25, -0.2) is 0 Å². The SMILES string of the molecule is CN(C)[C@@]12C3=C4C5=C6C37OC73c7c1c1c8c2c2c9c%10c(c%11c%12c%13c(c%14c%15c%16c(c3c3c7c7c1c1c%17c8c9c8c9c%10c%12c%10c%12c%13c%15c%13c%15c%16c3c3c7c1c1c(c3%15)c(c%13%12)c(c9%10)c1c%178)[C@]6%14N(C)C)[C@]5%11N(C)C)[C@]42N(C)C. The van der Waals surface area contributed by atoms with Crippen LogP contribution in [-0.4, -0.2) is 81.6 Å². The largest absolute Gasteiger partial charge is 0.342 e. The zero-order chi connectivity index (χ0) is 45.2. The van der Waals surface area contributed by atoms with E-state index in [4.69, 9.17) is 4.74 Å². The number of hydrogen-bond acceptors (Lipinski definition) is 5. The van der Waals surface area contributed by atoms with E-state index in [2.05, 4.69) is 76.0 Å². The Morgan fingerprint density at radius 2 is 0.356 bits per heavy atom. The smallest absolute Gasteiger partial charge is 0.159 e. The Morgan fingerprint density at radius 1 is 0.192 bits per heavy atom. The van der Waals surface area contributed by atoms with Crippen molar-refractivity contribution in [3.05, 3.63) is 77.9 Å². The van der Waals surface area contributed by atoms with Gasteiger partial charge in [-0.1, -0.05) is 0 Å². The Balaban J connectivity index is 1.19. The first-order chi connectivity index (χ1) is 35.7. The molecule has 0 amide bonds. The molecule has 0 bridgehead atoms. The van der Waals surface area contributed by atoms with Gasteiger partial charge in [-0.3, -0.25) is 19.6 Å². The van der Waals surface area contributed by atoms with Crippen molar-refractivity contribution in [3.63, 3.8) is 0 Å². The molecule has 11 aliphatic carbocycles. The van der Waals surface area contributed by atoms with Gasteiger partial charge in [0.05, 0.1) is 22.2 Å². The second kappa shape index (κ2) is 6.35. The van der Waals surface area contributed by atoms with Gasteiger partial charge >= 0.3 is 0 Å². The molecule has 0 N–H and O–H groups in total. The standard InChI is InChI=1S/C68H24N4O/c1-69(2)63-49-39-29-19-14-9-10-12-13-11(9)16-22-20(14)30(29)40-42-32(22)34-24(16)26-18(13)28-27-17(12)25-23-15(10)21(19)31-33(23)43-45-35(25)37(27)47-48-38(28)36(26)46-44(34)54-52(42)64(50(40)49,70(3)4)60-59(63)61-65(71(5)6,53(43)51(63)41(31)39)55(45)57(47)67-58(48)56(46)66(54,72(7)8)62(60)68(61,67)73-67/h1-8H3/t63-,64+,65-,66+,67?,68?. The Labute approximate surface area is 405 Å². The zero-order valence-corrected chi connectivity index (χ0v) is 40.2. The molecule has 0 radical (unpaired) electrons. The molecule has 21 aromatic carbocycles. The number of hydrogen-bond donors (Lipinski definition) is 0. The highest BCUT2D eigenvalue weighted by molar-refractivity contribution is 6.77. The minimum Gasteiger partial charge on any atom is -0.342 e. The second-order valence-corrected chi connectivity index (χ2v) is 28.1. The Bertz CT molecular complexity index is 6590. The molecule has 1 fully saturated rings. The van der Waals surface area contributed by atoms with E-state index in [0.717, 1.165) is 0 Å². The molecule has 2 spiro atoms. The van der Waals surface area contributed by atoms with E-state index in [-0.39, 0.29) is 0 Å². The van der Waals surface area contributed by atoms with Crippen molar-refractivity contribution in [2.45, 2.75) is 33.4 Å². The van der Waals surface area contributed by atoms with Gasteiger partial charge in [-0.2, -0.15) is 0 Å². The summed E-state index contributed by atoms with van der Waals surface area (Å²) in [6.07, 6.45) is 0. The molecule has 12 aliphatic rings. The van der Waals surface area contributed by atoms with Crippen LogP contribution in [0.2, 0.25) is 0 Å². The van der Waals surface area contributed by atoms with Crippen molar-refractivity contribution in [1.82, 2.24) is 19.6 Å². The van der Waals surface area contributed by atoms with E-state index in [0.29, 0.717) is 0 Å². The van der Waals surface area contributed by atoms with Crippen LogP contribution in [-0.2, 0) is 32.5 Å². The predicted octanol–water partition coefficient (Wildman–Crippen LogP) is 13.1. The number of benzene rings is 15. The van der Waals surface area contributed by atoms with Crippen LogP contribution in [0, 0.1) is 0 Å². The molecule has 5 heteroatoms. The molecule has 1 aliphatic heterocycles. The summed E-state index contributed by atoms with van der Waals surface area (Å²) >= 11 is 0. The van der Waals surface area contributed by atoms with E-state index < -0.39 is 33.4 Å². The fourth-order valence-corrected chi connectivity index (χ4v) is 27.6. The highest BCUT2D eigenvalue weighted by Crippen LogP contribution is 2.96. The molecule has 1 heterocycles. The van der Waals surface area contributed by atoms with Crippen LogP contribution in [0.3, 0.4) is 0 Å². The van der Waals surface area contributed by atoms with E-state index in [1.165, 1.54) is 0 Å². The maximum atomic E-state index is 8.85. The Morgan fingerprint density at radius 3 is 0.562 bits per heavy atom. The summed E-state index contributed by atoms with van der Waals surface area (Å²) in [5, 5.41) is 65.2. The maximum Gasteiger partial charge on any atom is 0.159 e. The van der Waals surface area contributed by atoms with E-state index in [1.807, 2.05) is 0 Å². The summed E-state index contributed by atoms with van der Waals surface area (Å²) in [5.41, 5.74) is 19.6. The van der Waals surface area contributed by atoms with Gasteiger partial charge in [0.15, 0.2) is 11.2 Å². The Kier molecular flexibility index (Phi) is 2.56. The van der Waals surface area contributed by atoms with Gasteiger partial charge in [0, 0.05) is 22.3 Å². The van der Waals surface area contributed by atoms with Crippen molar-refractivity contribution in [2.75, 3.05) is 56.4 Å². The number of likely N-dealkylation sites (N-methyl/N-ethyl adjacent to an activating group) is 4. The molecule has 6 atom stereocenters. The van der Waals surface area contributed by atoms with Crippen LogP contribution in [0.4, 0.5) is 0 Å². The molecular weight excluding hydrogens is 889 g/mol. The highest BCUT2D eigenvalue weighted by Gasteiger charge is 2.95. The third-order valence-corrected chi connectivity index (χ3v) is 27.4. The quantitative estimate of drug-likeness (QED) is 0.129. The third kappa shape index (κ3) is 1.46. The second-order valence-electron chi connectivity index (χ2n) is 28.1. The van der Waals surface area contributed by atoms with Gasteiger partial charge in [0.25, 0.3) is 0 Å². The summed E-state index contributed by atoms with van der Waals surface area (Å²) in [5.74, 6) is 0. The summed E-state index contributed by atoms with van der Waals surface area (Å²) in [6.45, 7) is 0. The van der Waals surface area contributed by atoms with E-state index in [1.54, 1.807) is 293 Å².